The zero-order valence-electron chi connectivity index (χ0n) is 44.6. The smallest absolute Gasteiger partial charge is 0.394 e. The van der Waals surface area contributed by atoms with E-state index in [-0.39, 0.29) is 113 Å². The highest BCUT2D eigenvalue weighted by Crippen LogP contribution is 2.60. The summed E-state index contributed by atoms with van der Waals surface area (Å²) in [6.07, 6.45) is -2.09. The van der Waals surface area contributed by atoms with Gasteiger partial charge in [0.15, 0.2) is 11.6 Å². The molecular weight excluding hydrogens is 1110 g/mol. The SMILES string of the molecule is C.C.C.C[C@@H]1CN(c2nc(-n3ccc(OCCC4(C(F)(F)F)CC4)n3)ccc2C(=O)NS(C)(=O)=O)C(C)(C)C1.C[C@@H]1CNC(C)(C)C1.Cc1nc(-n2ccc(OCCC3(C(F)(F)F)CC3)n2)ccc1C(=O)NS(=O)(=O)c1ccccc1. The molecule has 26 heteroatoms. The van der Waals surface area contributed by atoms with Gasteiger partial charge in [-0.2, -0.15) is 26.3 Å². The average Bonchev–Trinajstić information content (AvgIpc) is 4.12. The summed E-state index contributed by atoms with van der Waals surface area (Å²) in [5.41, 5.74) is -2.77. The fourth-order valence-corrected chi connectivity index (χ4v) is 11.2. The minimum absolute atomic E-state index is 0. The number of benzene rings is 1. The number of anilines is 1. The number of aryl methyl sites for hydroxylation is 1. The Kier molecular flexibility index (Phi) is 21.1. The minimum Gasteiger partial charge on any atom is -0.477 e. The predicted octanol–water partition coefficient (Wildman–Crippen LogP) is 10.8. The summed E-state index contributed by atoms with van der Waals surface area (Å²) in [5.74, 6) is 0.885. The number of hydrogen-bond acceptors (Lipinski definition) is 14. The van der Waals surface area contributed by atoms with E-state index in [2.05, 4.69) is 53.2 Å². The molecule has 0 bridgehead atoms. The lowest BCUT2D eigenvalue weighted by Crippen LogP contribution is -2.41. The van der Waals surface area contributed by atoms with Crippen molar-refractivity contribution in [3.05, 3.63) is 95.9 Å². The number of pyridine rings is 2. The molecule has 1 aromatic carbocycles. The number of nitrogens with one attached hydrogen (secondary N) is 3. The van der Waals surface area contributed by atoms with E-state index in [0.717, 1.165) is 18.6 Å². The number of ether oxygens (including phenoxy) is 2. The summed E-state index contributed by atoms with van der Waals surface area (Å²) in [7, 11) is -7.82. The molecule has 2 amide bonds. The summed E-state index contributed by atoms with van der Waals surface area (Å²) in [6, 6.07) is 16.4. The van der Waals surface area contributed by atoms with Crippen LogP contribution in [0, 0.1) is 29.6 Å². The van der Waals surface area contributed by atoms with Crippen LogP contribution in [0.1, 0.15) is 142 Å². The molecule has 4 aromatic heterocycles. The standard InChI is InChI=1S/C23H30F3N5O4S.C22H21F3N4O4S.C7H15N.3CH4/c1-15-13-21(2,3)30(14-15)19-16(20(32)29-36(4,33)34)5-6-17(27-19)31-11-7-18(28-31)35-12-10-22(8-9-22)23(24,25)26;1-15-17(20(30)28-34(31,32)16-5-3-2-4-6-16)7-8-18(26-15)29-13-9-19(27-29)33-14-12-21(10-11-21)22(23,24)25;1-6-4-7(2,3)8-5-6;;;/h5-7,11,15H,8-10,12-14H2,1-4H3,(H,29,32);2-9,13H,10-12,14H2,1H3,(H,28,30);6,8H,4-5H2,1-3H3;3*1H4/t15-;;6-;;;/m0.0.../s1. The summed E-state index contributed by atoms with van der Waals surface area (Å²) in [4.78, 5) is 36.2. The van der Waals surface area contributed by atoms with Crippen LogP contribution in [0.4, 0.5) is 32.2 Å². The van der Waals surface area contributed by atoms with Crippen LogP contribution in [-0.4, -0.2) is 114 Å². The second-order valence-corrected chi connectivity index (χ2v) is 25.5. The lowest BCUT2D eigenvalue weighted by atomic mass is 9.97. The number of aromatic nitrogens is 6. The summed E-state index contributed by atoms with van der Waals surface area (Å²) < 4.78 is 144. The van der Waals surface area contributed by atoms with Gasteiger partial charge in [0.05, 0.1) is 52.0 Å². The number of carbonyl (C=O) groups excluding carboxylic acids is 2. The Balaban J connectivity index is 0.000000296. The number of carbonyl (C=O) groups is 2. The summed E-state index contributed by atoms with van der Waals surface area (Å²) >= 11 is 0. The molecular formula is C55H78F6N10O8S2. The van der Waals surface area contributed by atoms with Gasteiger partial charge in [0.1, 0.15) is 5.82 Å². The van der Waals surface area contributed by atoms with Gasteiger partial charge in [0.2, 0.25) is 21.8 Å². The van der Waals surface area contributed by atoms with Crippen LogP contribution in [0.15, 0.2) is 84.0 Å². The summed E-state index contributed by atoms with van der Waals surface area (Å²) in [5, 5.41) is 11.9. The number of halogens is 6. The Morgan fingerprint density at radius 3 is 1.56 bits per heavy atom. The molecule has 3 N–H and O–H groups in total. The predicted molar refractivity (Wildman–Crippen MR) is 298 cm³/mol. The van der Waals surface area contributed by atoms with Crippen molar-refractivity contribution >= 4 is 37.7 Å². The molecule has 0 spiro atoms. The van der Waals surface area contributed by atoms with E-state index in [1.54, 1.807) is 31.3 Å². The molecule has 2 saturated carbocycles. The molecule has 18 nitrogen and oxygen atoms in total. The Hall–Kier alpha value is -6.28. The van der Waals surface area contributed by atoms with Crippen LogP contribution in [-0.2, 0) is 20.0 Å². The van der Waals surface area contributed by atoms with Crippen LogP contribution in [0.5, 0.6) is 11.8 Å². The zero-order chi connectivity index (χ0) is 57.3. The van der Waals surface area contributed by atoms with Crippen LogP contribution in [0.25, 0.3) is 11.6 Å². The Bertz CT molecular complexity index is 3180. The normalized spacial score (nSPS) is 19.1. The second kappa shape index (κ2) is 25.5. The monoisotopic (exact) mass is 1180 g/mol. The molecule has 2 aliphatic heterocycles. The largest absolute Gasteiger partial charge is 0.477 e. The van der Waals surface area contributed by atoms with Gasteiger partial charge in [-0.25, -0.2) is 45.6 Å². The third kappa shape index (κ3) is 16.9. The Morgan fingerprint density at radius 1 is 0.679 bits per heavy atom. The lowest BCUT2D eigenvalue weighted by Gasteiger charge is -2.33. The first kappa shape index (κ1) is 67.2. The highest BCUT2D eigenvalue weighted by atomic mass is 32.2. The maximum Gasteiger partial charge on any atom is 0.394 e. The van der Waals surface area contributed by atoms with E-state index in [1.165, 1.54) is 77.1 Å². The molecule has 9 rings (SSSR count). The van der Waals surface area contributed by atoms with Crippen LogP contribution < -0.4 is 29.1 Å². The van der Waals surface area contributed by atoms with Crippen molar-refractivity contribution in [2.24, 2.45) is 22.7 Å². The quantitative estimate of drug-likeness (QED) is 0.0783. The topological polar surface area (TPSA) is 222 Å². The Labute approximate surface area is 472 Å². The van der Waals surface area contributed by atoms with Crippen molar-refractivity contribution in [1.82, 2.24) is 44.3 Å². The molecule has 4 fully saturated rings. The third-order valence-corrected chi connectivity index (χ3v) is 16.2. The van der Waals surface area contributed by atoms with Crippen molar-refractivity contribution in [2.45, 2.75) is 150 Å². The first-order valence-electron chi connectivity index (χ1n) is 25.4. The van der Waals surface area contributed by atoms with E-state index < -0.39 is 55.0 Å². The molecule has 2 saturated heterocycles. The fourth-order valence-electron chi connectivity index (χ4n) is 9.73. The maximum atomic E-state index is 13.1. The molecule has 5 aromatic rings. The van der Waals surface area contributed by atoms with E-state index in [0.29, 0.717) is 35.5 Å². The number of alkyl halides is 6. The van der Waals surface area contributed by atoms with Crippen LogP contribution in [0.3, 0.4) is 0 Å². The second-order valence-electron chi connectivity index (χ2n) is 22.1. The van der Waals surface area contributed by atoms with E-state index in [9.17, 15) is 52.8 Å². The van der Waals surface area contributed by atoms with Gasteiger partial charge in [0.25, 0.3) is 21.8 Å². The van der Waals surface area contributed by atoms with E-state index >= 15 is 0 Å². The molecule has 450 valence electrons. The molecule has 0 unspecified atom stereocenters. The minimum atomic E-state index is -4.23. The van der Waals surface area contributed by atoms with Gasteiger partial charge >= 0.3 is 12.4 Å². The number of amides is 2. The van der Waals surface area contributed by atoms with Crippen LogP contribution >= 0.6 is 0 Å². The number of hydrogen-bond donors (Lipinski definition) is 3. The van der Waals surface area contributed by atoms with Gasteiger partial charge < -0.3 is 19.7 Å². The number of nitrogens with zero attached hydrogens (tertiary/aromatic N) is 7. The van der Waals surface area contributed by atoms with Gasteiger partial charge in [0, 0.05) is 42.1 Å². The molecule has 6 heterocycles. The Morgan fingerprint density at radius 2 is 1.16 bits per heavy atom. The third-order valence-electron chi connectivity index (χ3n) is 14.3. The number of rotatable bonds is 16. The van der Waals surface area contributed by atoms with Crippen molar-refractivity contribution in [2.75, 3.05) is 37.5 Å². The maximum absolute atomic E-state index is 13.1. The molecule has 2 atom stereocenters. The van der Waals surface area contributed by atoms with Crippen molar-refractivity contribution in [3.63, 3.8) is 0 Å². The van der Waals surface area contributed by atoms with E-state index in [4.69, 9.17) is 9.47 Å². The van der Waals surface area contributed by atoms with Gasteiger partial charge in [-0.1, -0.05) is 54.3 Å². The zero-order valence-corrected chi connectivity index (χ0v) is 46.3. The average molecular weight is 1190 g/mol. The first-order valence-corrected chi connectivity index (χ1v) is 28.8. The lowest BCUT2D eigenvalue weighted by molar-refractivity contribution is -0.190. The van der Waals surface area contributed by atoms with Gasteiger partial charge in [-0.3, -0.25) is 9.59 Å². The van der Waals surface area contributed by atoms with Crippen LogP contribution in [0.2, 0.25) is 0 Å². The molecule has 4 aliphatic rings. The van der Waals surface area contributed by atoms with Crippen molar-refractivity contribution in [1.29, 1.82) is 0 Å². The highest BCUT2D eigenvalue weighted by Gasteiger charge is 2.63. The molecule has 81 heavy (non-hydrogen) atoms. The number of sulfonamides is 2. The van der Waals surface area contributed by atoms with Crippen molar-refractivity contribution in [3.8, 4) is 23.4 Å². The first-order chi connectivity index (χ1) is 36.2. The highest BCUT2D eigenvalue weighted by molar-refractivity contribution is 7.90. The fraction of sp³-hybridized carbons (Fsp3) is 0.564. The molecule has 0 radical (unpaired) electrons. The van der Waals surface area contributed by atoms with Gasteiger partial charge in [-0.05, 0) is 141 Å². The van der Waals surface area contributed by atoms with Crippen molar-refractivity contribution < 1.29 is 62.2 Å². The molecule has 2 aliphatic carbocycles. The summed E-state index contributed by atoms with van der Waals surface area (Å²) in [6.45, 7) is 16.1. The van der Waals surface area contributed by atoms with Gasteiger partial charge in [-0.15, -0.1) is 10.2 Å². The van der Waals surface area contributed by atoms with E-state index in [1.807, 2.05) is 28.2 Å².